The second-order valence-corrected chi connectivity index (χ2v) is 6.79. The van der Waals surface area contributed by atoms with Crippen molar-refractivity contribution in [3.63, 3.8) is 0 Å². The smallest absolute Gasteiger partial charge is 0.257 e. The summed E-state index contributed by atoms with van der Waals surface area (Å²) in [6.07, 6.45) is 7.04. The van der Waals surface area contributed by atoms with Gasteiger partial charge in [-0.2, -0.15) is 0 Å². The van der Waals surface area contributed by atoms with E-state index >= 15 is 0 Å². The second-order valence-electron chi connectivity index (χ2n) is 6.79. The minimum absolute atomic E-state index is 0.0235. The highest BCUT2D eigenvalue weighted by Crippen LogP contribution is 2.26. The molecule has 1 amide bonds. The molecule has 6 nitrogen and oxygen atoms in total. The number of likely N-dealkylation sites (tertiary alicyclic amines) is 2. The fourth-order valence-electron chi connectivity index (χ4n) is 3.68. The zero-order valence-corrected chi connectivity index (χ0v) is 13.8. The second kappa shape index (κ2) is 7.36. The lowest BCUT2D eigenvalue weighted by atomic mass is 9.95. The molecule has 3 rings (SSSR count). The molecule has 2 fully saturated rings. The van der Waals surface area contributed by atoms with Crippen LogP contribution in [0.15, 0.2) is 12.4 Å². The van der Waals surface area contributed by atoms with Crippen molar-refractivity contribution >= 4 is 5.91 Å². The molecule has 0 spiro atoms. The van der Waals surface area contributed by atoms with Crippen molar-refractivity contribution in [2.75, 3.05) is 39.3 Å². The van der Waals surface area contributed by atoms with Gasteiger partial charge in [0.15, 0.2) is 0 Å². The van der Waals surface area contributed by atoms with Gasteiger partial charge in [-0.3, -0.25) is 4.79 Å². The third kappa shape index (κ3) is 3.87. The molecule has 2 atom stereocenters. The van der Waals surface area contributed by atoms with Gasteiger partial charge in [-0.25, -0.2) is 9.97 Å². The molecule has 2 aliphatic heterocycles. The lowest BCUT2D eigenvalue weighted by Gasteiger charge is -2.30. The highest BCUT2D eigenvalue weighted by molar-refractivity contribution is 5.93. The van der Waals surface area contributed by atoms with Crippen LogP contribution in [0.3, 0.4) is 0 Å². The van der Waals surface area contributed by atoms with E-state index in [1.165, 1.54) is 19.3 Å². The number of aliphatic hydroxyl groups is 1. The summed E-state index contributed by atoms with van der Waals surface area (Å²) in [5.41, 5.74) is 0.533. The van der Waals surface area contributed by atoms with Crippen LogP contribution in [0.5, 0.6) is 0 Å². The summed E-state index contributed by atoms with van der Waals surface area (Å²) in [4.78, 5) is 25.2. The van der Waals surface area contributed by atoms with Crippen LogP contribution in [0.2, 0.25) is 0 Å². The summed E-state index contributed by atoms with van der Waals surface area (Å²) < 4.78 is 0. The molecule has 2 saturated heterocycles. The molecule has 1 aromatic heterocycles. The maximum absolute atomic E-state index is 12.6. The van der Waals surface area contributed by atoms with Gasteiger partial charge in [0.25, 0.3) is 5.91 Å². The van der Waals surface area contributed by atoms with E-state index < -0.39 is 0 Å². The van der Waals surface area contributed by atoms with Crippen LogP contribution >= 0.6 is 0 Å². The quantitative estimate of drug-likeness (QED) is 0.895. The van der Waals surface area contributed by atoms with Crippen molar-refractivity contribution in [3.8, 4) is 0 Å². The van der Waals surface area contributed by atoms with Crippen molar-refractivity contribution in [2.24, 2.45) is 11.8 Å². The van der Waals surface area contributed by atoms with E-state index in [0.717, 1.165) is 19.6 Å². The first-order chi connectivity index (χ1) is 11.2. The first-order valence-corrected chi connectivity index (χ1v) is 8.58. The van der Waals surface area contributed by atoms with Gasteiger partial charge in [-0.1, -0.05) is 6.42 Å². The molecule has 1 aromatic rings. The highest BCUT2D eigenvalue weighted by Gasteiger charge is 2.36. The Kier molecular flexibility index (Phi) is 5.23. The predicted octanol–water partition coefficient (Wildman–Crippen LogP) is 0.951. The molecule has 1 N–H and O–H groups in total. The molecule has 6 heteroatoms. The maximum Gasteiger partial charge on any atom is 0.257 e. The summed E-state index contributed by atoms with van der Waals surface area (Å²) in [5, 5.41) is 9.69. The number of aliphatic hydroxyl groups excluding tert-OH is 1. The van der Waals surface area contributed by atoms with Crippen molar-refractivity contribution in [1.29, 1.82) is 0 Å². The van der Waals surface area contributed by atoms with Gasteiger partial charge in [0, 0.05) is 44.6 Å². The van der Waals surface area contributed by atoms with E-state index in [1.54, 1.807) is 19.3 Å². The molecular formula is C17H26N4O2. The number of hydrogen-bond donors (Lipinski definition) is 1. The standard InChI is InChI=1S/C17H26N4O2/c1-13-18-7-14(8-19-13)17(23)21-10-15(16(11-21)12-22)9-20-5-3-2-4-6-20/h7-8,15-16,22H,2-6,9-12H2,1H3. The van der Waals surface area contributed by atoms with Crippen LogP contribution in [0.4, 0.5) is 0 Å². The highest BCUT2D eigenvalue weighted by atomic mass is 16.3. The third-order valence-electron chi connectivity index (χ3n) is 5.07. The average Bonchev–Trinajstić information content (AvgIpc) is 2.99. The van der Waals surface area contributed by atoms with E-state index in [-0.39, 0.29) is 18.4 Å². The Hall–Kier alpha value is -1.53. The van der Waals surface area contributed by atoms with E-state index in [9.17, 15) is 9.90 Å². The van der Waals surface area contributed by atoms with Crippen LogP contribution < -0.4 is 0 Å². The van der Waals surface area contributed by atoms with Gasteiger partial charge in [0.1, 0.15) is 5.82 Å². The SMILES string of the molecule is Cc1ncc(C(=O)N2CC(CO)C(CN3CCCCC3)C2)cn1. The summed E-state index contributed by atoms with van der Waals surface area (Å²) in [6, 6.07) is 0. The number of carbonyl (C=O) groups excluding carboxylic acids is 1. The number of hydrogen-bond acceptors (Lipinski definition) is 5. The Balaban J connectivity index is 1.63. The fraction of sp³-hybridized carbons (Fsp3) is 0.706. The first-order valence-electron chi connectivity index (χ1n) is 8.58. The van der Waals surface area contributed by atoms with E-state index in [1.807, 2.05) is 4.90 Å². The van der Waals surface area contributed by atoms with Crippen molar-refractivity contribution in [1.82, 2.24) is 19.8 Å². The third-order valence-corrected chi connectivity index (χ3v) is 5.07. The molecule has 0 radical (unpaired) electrons. The van der Waals surface area contributed by atoms with Gasteiger partial charge in [0.2, 0.25) is 0 Å². The fourth-order valence-corrected chi connectivity index (χ4v) is 3.68. The molecule has 2 aliphatic rings. The van der Waals surface area contributed by atoms with Crippen LogP contribution in [0.1, 0.15) is 35.4 Å². The Morgan fingerprint density at radius 1 is 1.17 bits per heavy atom. The molecular weight excluding hydrogens is 292 g/mol. The molecule has 2 unspecified atom stereocenters. The van der Waals surface area contributed by atoms with Crippen LogP contribution in [0.25, 0.3) is 0 Å². The minimum atomic E-state index is -0.0235. The number of aromatic nitrogens is 2. The largest absolute Gasteiger partial charge is 0.396 e. The normalized spacial score (nSPS) is 25.7. The summed E-state index contributed by atoms with van der Waals surface area (Å²) in [6.45, 7) is 6.57. The van der Waals surface area contributed by atoms with Gasteiger partial charge < -0.3 is 14.9 Å². The van der Waals surface area contributed by atoms with E-state index in [2.05, 4.69) is 14.9 Å². The predicted molar refractivity (Wildman–Crippen MR) is 87.0 cm³/mol. The van der Waals surface area contributed by atoms with Crippen molar-refractivity contribution in [2.45, 2.75) is 26.2 Å². The molecule has 0 saturated carbocycles. The topological polar surface area (TPSA) is 69.6 Å². The van der Waals surface area contributed by atoms with Crippen LogP contribution in [-0.2, 0) is 0 Å². The maximum atomic E-state index is 12.6. The number of piperidine rings is 1. The zero-order chi connectivity index (χ0) is 16.2. The number of aryl methyl sites for hydroxylation is 1. The average molecular weight is 318 g/mol. The lowest BCUT2D eigenvalue weighted by Crippen LogP contribution is -2.37. The number of rotatable bonds is 4. The molecule has 23 heavy (non-hydrogen) atoms. The molecule has 0 aromatic carbocycles. The van der Waals surface area contributed by atoms with Crippen molar-refractivity contribution < 1.29 is 9.90 Å². The monoisotopic (exact) mass is 318 g/mol. The summed E-state index contributed by atoms with van der Waals surface area (Å²) >= 11 is 0. The van der Waals surface area contributed by atoms with Crippen LogP contribution in [0, 0.1) is 18.8 Å². The first kappa shape index (κ1) is 16.3. The molecule has 0 bridgehead atoms. The Bertz CT molecular complexity index is 528. The van der Waals surface area contributed by atoms with Gasteiger partial charge in [-0.15, -0.1) is 0 Å². The van der Waals surface area contributed by atoms with E-state index in [0.29, 0.717) is 30.4 Å². The van der Waals surface area contributed by atoms with Crippen molar-refractivity contribution in [3.05, 3.63) is 23.8 Å². The summed E-state index contributed by atoms with van der Waals surface area (Å²) in [7, 11) is 0. The zero-order valence-electron chi connectivity index (χ0n) is 13.8. The summed E-state index contributed by atoms with van der Waals surface area (Å²) in [5.74, 6) is 1.17. The molecule has 126 valence electrons. The number of nitrogens with zero attached hydrogens (tertiary/aromatic N) is 4. The van der Waals surface area contributed by atoms with Gasteiger partial charge in [-0.05, 0) is 38.8 Å². The Morgan fingerprint density at radius 3 is 2.48 bits per heavy atom. The lowest BCUT2D eigenvalue weighted by molar-refractivity contribution is 0.0777. The van der Waals surface area contributed by atoms with E-state index in [4.69, 9.17) is 0 Å². The minimum Gasteiger partial charge on any atom is -0.396 e. The number of carbonyl (C=O) groups is 1. The molecule has 0 aliphatic carbocycles. The molecule has 3 heterocycles. The number of amides is 1. The van der Waals surface area contributed by atoms with Gasteiger partial charge >= 0.3 is 0 Å². The Morgan fingerprint density at radius 2 is 1.83 bits per heavy atom. The van der Waals surface area contributed by atoms with Crippen LogP contribution in [-0.4, -0.2) is 70.1 Å². The van der Waals surface area contributed by atoms with Gasteiger partial charge in [0.05, 0.1) is 5.56 Å². The Labute approximate surface area is 137 Å².